The standard InChI is InChI=1S/C11H16O5/c1-7(2)10(13)15-5-6-16-11(14)8(3)9(4)12/h8H,1,5-6H2,2-4H3. The van der Waals surface area contributed by atoms with Crippen LogP contribution in [0.15, 0.2) is 12.2 Å². The Bertz CT molecular complexity index is 305. The fourth-order valence-electron chi connectivity index (χ4n) is 0.691. The van der Waals surface area contributed by atoms with E-state index in [4.69, 9.17) is 9.47 Å². The van der Waals surface area contributed by atoms with Crippen molar-refractivity contribution in [3.8, 4) is 0 Å². The van der Waals surface area contributed by atoms with Gasteiger partial charge >= 0.3 is 11.9 Å². The summed E-state index contributed by atoms with van der Waals surface area (Å²) < 4.78 is 9.42. The van der Waals surface area contributed by atoms with Crippen LogP contribution in [-0.4, -0.2) is 30.9 Å². The molecule has 0 bridgehead atoms. The molecule has 0 aromatic carbocycles. The third-order valence-electron chi connectivity index (χ3n) is 1.87. The normalized spacial score (nSPS) is 11.4. The summed E-state index contributed by atoms with van der Waals surface area (Å²) in [5, 5.41) is 0. The predicted molar refractivity (Wildman–Crippen MR) is 56.6 cm³/mol. The van der Waals surface area contributed by atoms with Crippen molar-refractivity contribution in [2.24, 2.45) is 5.92 Å². The van der Waals surface area contributed by atoms with E-state index in [9.17, 15) is 14.4 Å². The van der Waals surface area contributed by atoms with Gasteiger partial charge in [0, 0.05) is 5.57 Å². The van der Waals surface area contributed by atoms with E-state index in [1.54, 1.807) is 0 Å². The highest BCUT2D eigenvalue weighted by Gasteiger charge is 2.18. The van der Waals surface area contributed by atoms with Crippen LogP contribution >= 0.6 is 0 Å². The first-order valence-electron chi connectivity index (χ1n) is 4.86. The molecule has 0 spiro atoms. The molecule has 0 amide bonds. The summed E-state index contributed by atoms with van der Waals surface area (Å²) in [5.74, 6) is -2.18. The van der Waals surface area contributed by atoms with Crippen molar-refractivity contribution in [3.05, 3.63) is 12.2 Å². The molecule has 0 aromatic heterocycles. The van der Waals surface area contributed by atoms with Crippen molar-refractivity contribution >= 4 is 17.7 Å². The fraction of sp³-hybridized carbons (Fsp3) is 0.545. The molecule has 1 unspecified atom stereocenters. The summed E-state index contributed by atoms with van der Waals surface area (Å²) >= 11 is 0. The first kappa shape index (κ1) is 14.3. The predicted octanol–water partition coefficient (Wildman–Crippen LogP) is 0.874. The summed E-state index contributed by atoms with van der Waals surface area (Å²) in [6, 6.07) is 0. The molecule has 16 heavy (non-hydrogen) atoms. The van der Waals surface area contributed by atoms with Gasteiger partial charge in [-0.25, -0.2) is 4.79 Å². The van der Waals surface area contributed by atoms with Crippen molar-refractivity contribution in [3.63, 3.8) is 0 Å². The summed E-state index contributed by atoms with van der Waals surface area (Å²) in [4.78, 5) is 32.9. The third-order valence-corrected chi connectivity index (χ3v) is 1.87. The van der Waals surface area contributed by atoms with Gasteiger partial charge in [-0.2, -0.15) is 0 Å². The van der Waals surface area contributed by atoms with E-state index in [0.717, 1.165) is 0 Å². The maximum Gasteiger partial charge on any atom is 0.333 e. The van der Waals surface area contributed by atoms with Gasteiger partial charge in [0.05, 0.1) is 0 Å². The minimum Gasteiger partial charge on any atom is -0.462 e. The fourth-order valence-corrected chi connectivity index (χ4v) is 0.691. The molecular weight excluding hydrogens is 212 g/mol. The van der Waals surface area contributed by atoms with Gasteiger partial charge in [0.1, 0.15) is 24.9 Å². The topological polar surface area (TPSA) is 69.7 Å². The van der Waals surface area contributed by atoms with Crippen molar-refractivity contribution in [2.45, 2.75) is 20.8 Å². The number of ether oxygens (including phenoxy) is 2. The minimum absolute atomic E-state index is 0.0396. The lowest BCUT2D eigenvalue weighted by atomic mass is 10.1. The maximum absolute atomic E-state index is 11.2. The number of carbonyl (C=O) groups is 3. The average molecular weight is 228 g/mol. The first-order chi connectivity index (χ1) is 7.36. The zero-order chi connectivity index (χ0) is 12.7. The third kappa shape index (κ3) is 5.29. The molecule has 90 valence electrons. The Morgan fingerprint density at radius 2 is 1.62 bits per heavy atom. The van der Waals surface area contributed by atoms with Gasteiger partial charge in [-0.1, -0.05) is 6.58 Å². The molecule has 0 saturated carbocycles. The monoisotopic (exact) mass is 228 g/mol. The molecule has 0 aliphatic carbocycles. The average Bonchev–Trinajstić information content (AvgIpc) is 2.22. The van der Waals surface area contributed by atoms with Gasteiger partial charge in [-0.15, -0.1) is 0 Å². The Labute approximate surface area is 94.4 Å². The number of hydrogen-bond acceptors (Lipinski definition) is 5. The van der Waals surface area contributed by atoms with Crippen molar-refractivity contribution < 1.29 is 23.9 Å². The van der Waals surface area contributed by atoms with Crippen LogP contribution in [0.4, 0.5) is 0 Å². The Hall–Kier alpha value is -1.65. The molecule has 0 rings (SSSR count). The largest absolute Gasteiger partial charge is 0.462 e. The number of carbonyl (C=O) groups excluding carboxylic acids is 3. The molecular formula is C11H16O5. The van der Waals surface area contributed by atoms with Crippen LogP contribution in [0, 0.1) is 5.92 Å². The Kier molecular flexibility index (Phi) is 6.07. The summed E-state index contributed by atoms with van der Waals surface area (Å²) in [6.45, 7) is 7.59. The van der Waals surface area contributed by atoms with Crippen LogP contribution in [0.2, 0.25) is 0 Å². The SMILES string of the molecule is C=C(C)C(=O)OCCOC(=O)C(C)C(C)=O. The quantitative estimate of drug-likeness (QED) is 0.292. The van der Waals surface area contributed by atoms with Crippen LogP contribution in [0.1, 0.15) is 20.8 Å². The molecule has 0 heterocycles. The second-order valence-corrected chi connectivity index (χ2v) is 3.42. The number of Topliss-reactive ketones (excluding diaryl/α,β-unsaturated/α-hetero) is 1. The summed E-state index contributed by atoms with van der Waals surface area (Å²) in [7, 11) is 0. The molecule has 0 aliphatic heterocycles. The van der Waals surface area contributed by atoms with Gasteiger partial charge in [0.25, 0.3) is 0 Å². The van der Waals surface area contributed by atoms with Crippen LogP contribution in [0.5, 0.6) is 0 Å². The van der Waals surface area contributed by atoms with E-state index in [2.05, 4.69) is 6.58 Å². The van der Waals surface area contributed by atoms with E-state index in [0.29, 0.717) is 0 Å². The van der Waals surface area contributed by atoms with E-state index in [1.165, 1.54) is 20.8 Å². The molecule has 5 heteroatoms. The molecule has 0 saturated heterocycles. The number of ketones is 1. The van der Waals surface area contributed by atoms with Gasteiger partial charge in [-0.3, -0.25) is 9.59 Å². The maximum atomic E-state index is 11.2. The van der Waals surface area contributed by atoms with Gasteiger partial charge < -0.3 is 9.47 Å². The van der Waals surface area contributed by atoms with Gasteiger partial charge in [0.15, 0.2) is 0 Å². The summed E-state index contributed by atoms with van der Waals surface area (Å²) in [6.07, 6.45) is 0. The molecule has 0 aliphatic rings. The first-order valence-corrected chi connectivity index (χ1v) is 4.86. The number of rotatable bonds is 6. The van der Waals surface area contributed by atoms with Crippen molar-refractivity contribution in [2.75, 3.05) is 13.2 Å². The van der Waals surface area contributed by atoms with E-state index in [-0.39, 0.29) is 24.6 Å². The van der Waals surface area contributed by atoms with E-state index >= 15 is 0 Å². The zero-order valence-corrected chi connectivity index (χ0v) is 9.74. The molecule has 5 nitrogen and oxygen atoms in total. The molecule has 0 radical (unpaired) electrons. The van der Waals surface area contributed by atoms with Crippen molar-refractivity contribution in [1.29, 1.82) is 0 Å². The molecule has 1 atom stereocenters. The Morgan fingerprint density at radius 1 is 1.12 bits per heavy atom. The molecule has 0 aromatic rings. The second-order valence-electron chi connectivity index (χ2n) is 3.42. The zero-order valence-electron chi connectivity index (χ0n) is 9.74. The van der Waals surface area contributed by atoms with Crippen molar-refractivity contribution in [1.82, 2.24) is 0 Å². The Balaban J connectivity index is 3.75. The Morgan fingerprint density at radius 3 is 2.06 bits per heavy atom. The highest BCUT2D eigenvalue weighted by Crippen LogP contribution is 2.00. The molecule has 0 fully saturated rings. The summed E-state index contributed by atoms with van der Waals surface area (Å²) in [5.41, 5.74) is 0.281. The lowest BCUT2D eigenvalue weighted by Gasteiger charge is -2.08. The van der Waals surface area contributed by atoms with Crippen LogP contribution < -0.4 is 0 Å². The number of esters is 2. The highest BCUT2D eigenvalue weighted by molar-refractivity contribution is 5.97. The van der Waals surface area contributed by atoms with Crippen LogP contribution in [0.3, 0.4) is 0 Å². The molecule has 0 N–H and O–H groups in total. The highest BCUT2D eigenvalue weighted by atomic mass is 16.6. The van der Waals surface area contributed by atoms with Gasteiger partial charge in [0.2, 0.25) is 0 Å². The second kappa shape index (κ2) is 6.76. The van der Waals surface area contributed by atoms with E-state index < -0.39 is 17.9 Å². The minimum atomic E-state index is -0.781. The number of hydrogen-bond donors (Lipinski definition) is 0. The van der Waals surface area contributed by atoms with Gasteiger partial charge in [-0.05, 0) is 20.8 Å². The van der Waals surface area contributed by atoms with E-state index in [1.807, 2.05) is 0 Å². The lowest BCUT2D eigenvalue weighted by molar-refractivity contribution is -0.155. The van der Waals surface area contributed by atoms with Crippen LogP contribution in [0.25, 0.3) is 0 Å². The van der Waals surface area contributed by atoms with Crippen LogP contribution in [-0.2, 0) is 23.9 Å². The smallest absolute Gasteiger partial charge is 0.333 e. The lowest BCUT2D eigenvalue weighted by Crippen LogP contribution is -2.23.